The number of rotatable bonds is 8. The number of Topliss-reactive ketones (excluding diaryl/α,β-unsaturated/α-hetero) is 1. The molecule has 3 aromatic rings. The van der Waals surface area contributed by atoms with Crippen molar-refractivity contribution < 1.29 is 9.53 Å². The number of benzene rings is 3. The maximum absolute atomic E-state index is 13.8. The summed E-state index contributed by atoms with van der Waals surface area (Å²) < 4.78 is 5.87. The molecule has 38 heavy (non-hydrogen) atoms. The Hall–Kier alpha value is -3.73. The van der Waals surface area contributed by atoms with E-state index in [9.17, 15) is 4.79 Å². The van der Waals surface area contributed by atoms with Crippen molar-refractivity contribution in [2.75, 3.05) is 35.2 Å². The number of para-hydroxylation sites is 2. The van der Waals surface area contributed by atoms with E-state index in [4.69, 9.17) is 4.74 Å². The summed E-state index contributed by atoms with van der Waals surface area (Å²) in [5, 5.41) is 7.34. The average molecular weight is 510 g/mol. The molecule has 3 aromatic carbocycles. The number of ether oxygens (including phenoxy) is 1. The van der Waals surface area contributed by atoms with Crippen molar-refractivity contribution in [2.24, 2.45) is 5.92 Å². The van der Waals surface area contributed by atoms with E-state index in [2.05, 4.69) is 91.8 Å². The Labute approximate surface area is 226 Å². The lowest BCUT2D eigenvalue weighted by atomic mass is 9.78. The molecule has 0 radical (unpaired) electrons. The number of allylic oxidation sites excluding steroid dienone is 1. The second kappa shape index (κ2) is 11.3. The van der Waals surface area contributed by atoms with Crippen LogP contribution in [0.4, 0.5) is 17.1 Å². The molecule has 198 valence electrons. The first-order chi connectivity index (χ1) is 18.5. The van der Waals surface area contributed by atoms with Gasteiger partial charge in [-0.2, -0.15) is 0 Å². The lowest BCUT2D eigenvalue weighted by Gasteiger charge is -2.30. The lowest BCUT2D eigenvalue weighted by molar-refractivity contribution is -0.116. The first-order valence-electron chi connectivity index (χ1n) is 13.9. The normalized spacial score (nSPS) is 18.7. The molecule has 0 bridgehead atoms. The standard InChI is InChI=1S/C33H39N3O2/c1-5-36(6-2)26-15-11-24(12-16-26)33-32-30(34-28-9-7-8-10-29(28)35-33)19-25(20-31(32)37)23-13-17-27(18-14-23)38-21-22(3)4/h7-18,22,25,33-35H,5-6,19-21H2,1-4H3. The van der Waals surface area contributed by atoms with E-state index in [-0.39, 0.29) is 17.7 Å². The second-order valence-electron chi connectivity index (χ2n) is 10.7. The van der Waals surface area contributed by atoms with Gasteiger partial charge in [0.25, 0.3) is 0 Å². The largest absolute Gasteiger partial charge is 0.493 e. The maximum Gasteiger partial charge on any atom is 0.163 e. The zero-order valence-corrected chi connectivity index (χ0v) is 23.0. The van der Waals surface area contributed by atoms with Crippen LogP contribution in [0.1, 0.15) is 63.6 Å². The highest BCUT2D eigenvalue weighted by molar-refractivity contribution is 6.01. The van der Waals surface area contributed by atoms with Crippen LogP contribution in [0.2, 0.25) is 0 Å². The van der Waals surface area contributed by atoms with Gasteiger partial charge < -0.3 is 20.3 Å². The fraction of sp³-hybridized carbons (Fsp3) is 0.364. The minimum absolute atomic E-state index is 0.129. The molecule has 0 saturated heterocycles. The van der Waals surface area contributed by atoms with E-state index in [0.29, 0.717) is 18.9 Å². The summed E-state index contributed by atoms with van der Waals surface area (Å²) in [6, 6.07) is 25.0. The number of nitrogens with zero attached hydrogens (tertiary/aromatic N) is 1. The predicted octanol–water partition coefficient (Wildman–Crippen LogP) is 7.55. The van der Waals surface area contributed by atoms with E-state index in [1.54, 1.807) is 0 Å². The van der Waals surface area contributed by atoms with Crippen molar-refractivity contribution >= 4 is 22.8 Å². The molecule has 0 amide bonds. The van der Waals surface area contributed by atoms with Gasteiger partial charge >= 0.3 is 0 Å². The van der Waals surface area contributed by atoms with Crippen LogP contribution in [0.15, 0.2) is 84.1 Å². The first-order valence-corrected chi connectivity index (χ1v) is 13.9. The van der Waals surface area contributed by atoms with E-state index in [1.165, 1.54) is 11.3 Å². The van der Waals surface area contributed by atoms with Gasteiger partial charge in [0, 0.05) is 36.5 Å². The fourth-order valence-electron chi connectivity index (χ4n) is 5.54. The molecule has 5 rings (SSSR count). The SMILES string of the molecule is CCN(CC)c1ccc(C2Nc3ccccc3NC3=C2C(=O)CC(c2ccc(OCC(C)C)cc2)C3)cc1. The molecule has 1 heterocycles. The number of ketones is 1. The van der Waals surface area contributed by atoms with Gasteiger partial charge in [0.1, 0.15) is 5.75 Å². The van der Waals surface area contributed by atoms with Crippen molar-refractivity contribution in [3.63, 3.8) is 0 Å². The summed E-state index contributed by atoms with van der Waals surface area (Å²) in [6.45, 7) is 11.3. The van der Waals surface area contributed by atoms with Crippen LogP contribution < -0.4 is 20.3 Å². The summed E-state index contributed by atoms with van der Waals surface area (Å²) >= 11 is 0. The number of nitrogens with one attached hydrogen (secondary N) is 2. The molecule has 5 heteroatoms. The van der Waals surface area contributed by atoms with Crippen molar-refractivity contribution in [3.05, 3.63) is 95.2 Å². The van der Waals surface area contributed by atoms with Gasteiger partial charge in [0.05, 0.1) is 24.0 Å². The Bertz CT molecular complexity index is 1290. The number of fused-ring (bicyclic) bond motifs is 1. The number of hydrogen-bond acceptors (Lipinski definition) is 5. The van der Waals surface area contributed by atoms with Gasteiger partial charge in [-0.3, -0.25) is 4.79 Å². The zero-order chi connectivity index (χ0) is 26.6. The van der Waals surface area contributed by atoms with Gasteiger partial charge in [0.15, 0.2) is 5.78 Å². The number of hydrogen-bond donors (Lipinski definition) is 2. The smallest absolute Gasteiger partial charge is 0.163 e. The van der Waals surface area contributed by atoms with Crippen LogP contribution in [0, 0.1) is 5.92 Å². The molecule has 2 aliphatic rings. The molecule has 1 aliphatic heterocycles. The highest BCUT2D eigenvalue weighted by Gasteiger charge is 2.36. The lowest BCUT2D eigenvalue weighted by Crippen LogP contribution is -2.27. The minimum Gasteiger partial charge on any atom is -0.493 e. The van der Waals surface area contributed by atoms with E-state index < -0.39 is 0 Å². The maximum atomic E-state index is 13.8. The molecule has 0 saturated carbocycles. The van der Waals surface area contributed by atoms with Crippen molar-refractivity contribution in [3.8, 4) is 5.75 Å². The van der Waals surface area contributed by atoms with Crippen LogP contribution >= 0.6 is 0 Å². The second-order valence-corrected chi connectivity index (χ2v) is 10.7. The molecule has 2 atom stereocenters. The Morgan fingerprint density at radius 3 is 2.18 bits per heavy atom. The number of carbonyl (C=O) groups excluding carboxylic acids is 1. The summed E-state index contributed by atoms with van der Waals surface area (Å²) in [5.74, 6) is 1.68. The number of anilines is 3. The van der Waals surface area contributed by atoms with E-state index >= 15 is 0 Å². The highest BCUT2D eigenvalue weighted by atomic mass is 16.5. The van der Waals surface area contributed by atoms with Crippen molar-refractivity contribution in [2.45, 2.75) is 52.5 Å². The summed E-state index contributed by atoms with van der Waals surface area (Å²) in [6.07, 6.45) is 1.29. The third-order valence-electron chi connectivity index (χ3n) is 7.60. The Balaban J connectivity index is 1.46. The predicted molar refractivity (Wildman–Crippen MR) is 157 cm³/mol. The van der Waals surface area contributed by atoms with Crippen LogP contribution in [-0.2, 0) is 4.79 Å². The quantitative estimate of drug-likeness (QED) is 0.328. The molecule has 0 fully saturated rings. The van der Waals surface area contributed by atoms with Gasteiger partial charge in [-0.05, 0) is 79.6 Å². The molecule has 5 nitrogen and oxygen atoms in total. The topological polar surface area (TPSA) is 53.6 Å². The van der Waals surface area contributed by atoms with Gasteiger partial charge in [-0.1, -0.05) is 50.2 Å². The number of carbonyl (C=O) groups is 1. The van der Waals surface area contributed by atoms with Crippen LogP contribution in [0.3, 0.4) is 0 Å². The Morgan fingerprint density at radius 2 is 1.53 bits per heavy atom. The van der Waals surface area contributed by atoms with E-state index in [1.807, 2.05) is 24.3 Å². The fourth-order valence-corrected chi connectivity index (χ4v) is 5.54. The Kier molecular flexibility index (Phi) is 7.73. The van der Waals surface area contributed by atoms with Crippen LogP contribution in [0.25, 0.3) is 0 Å². The average Bonchev–Trinajstić information content (AvgIpc) is 3.10. The molecule has 2 unspecified atom stereocenters. The molecular formula is C33H39N3O2. The Morgan fingerprint density at radius 1 is 0.868 bits per heavy atom. The monoisotopic (exact) mass is 509 g/mol. The molecule has 0 aromatic heterocycles. The summed E-state index contributed by atoms with van der Waals surface area (Å²) in [7, 11) is 0. The first kappa shape index (κ1) is 25.9. The zero-order valence-electron chi connectivity index (χ0n) is 23.0. The van der Waals surface area contributed by atoms with Crippen LogP contribution in [0.5, 0.6) is 5.75 Å². The van der Waals surface area contributed by atoms with Gasteiger partial charge in [-0.25, -0.2) is 0 Å². The molecular weight excluding hydrogens is 470 g/mol. The third-order valence-corrected chi connectivity index (χ3v) is 7.60. The van der Waals surface area contributed by atoms with Gasteiger partial charge in [0.2, 0.25) is 0 Å². The van der Waals surface area contributed by atoms with Crippen LogP contribution in [-0.4, -0.2) is 25.5 Å². The van der Waals surface area contributed by atoms with Crippen molar-refractivity contribution in [1.29, 1.82) is 0 Å². The highest BCUT2D eigenvalue weighted by Crippen LogP contribution is 2.44. The van der Waals surface area contributed by atoms with E-state index in [0.717, 1.165) is 53.5 Å². The third kappa shape index (κ3) is 5.42. The minimum atomic E-state index is -0.202. The van der Waals surface area contributed by atoms with Gasteiger partial charge in [-0.15, -0.1) is 0 Å². The molecule has 1 aliphatic carbocycles. The van der Waals surface area contributed by atoms with Crippen molar-refractivity contribution in [1.82, 2.24) is 0 Å². The molecule has 2 N–H and O–H groups in total. The summed E-state index contributed by atoms with van der Waals surface area (Å²) in [4.78, 5) is 16.2. The summed E-state index contributed by atoms with van der Waals surface area (Å²) in [5.41, 5.74) is 7.37. The molecule has 0 spiro atoms.